The van der Waals surface area contributed by atoms with Gasteiger partial charge in [-0.05, 0) is 30.3 Å². The van der Waals surface area contributed by atoms with Gasteiger partial charge in [0, 0.05) is 18.4 Å². The second kappa shape index (κ2) is 8.53. The number of aromatic nitrogens is 1. The summed E-state index contributed by atoms with van der Waals surface area (Å²) in [4.78, 5) is 29.8. The van der Waals surface area contributed by atoms with Crippen LogP contribution >= 0.6 is 11.3 Å². The van der Waals surface area contributed by atoms with E-state index in [0.717, 1.165) is 18.2 Å². The fourth-order valence-corrected chi connectivity index (χ4v) is 3.26. The Labute approximate surface area is 164 Å². The number of amides is 2. The van der Waals surface area contributed by atoms with Gasteiger partial charge in [-0.2, -0.15) is 0 Å². The summed E-state index contributed by atoms with van der Waals surface area (Å²) in [6, 6.07) is 12.3. The van der Waals surface area contributed by atoms with Gasteiger partial charge in [0.05, 0.1) is 11.4 Å². The van der Waals surface area contributed by atoms with Crippen LogP contribution in [0.4, 0.5) is 25.3 Å². The molecule has 3 aromatic rings. The molecule has 0 aliphatic carbocycles. The third-order valence-electron chi connectivity index (χ3n) is 3.65. The number of rotatable bonds is 5. The van der Waals surface area contributed by atoms with Crippen LogP contribution in [0, 0.1) is 11.6 Å². The van der Waals surface area contributed by atoms with E-state index in [9.17, 15) is 18.4 Å². The lowest BCUT2D eigenvalue weighted by atomic mass is 10.3. The van der Waals surface area contributed by atoms with Gasteiger partial charge in [0.15, 0.2) is 5.13 Å². The summed E-state index contributed by atoms with van der Waals surface area (Å²) >= 11 is 1.23. The summed E-state index contributed by atoms with van der Waals surface area (Å²) in [6.07, 6.45) is 2.52. The van der Waals surface area contributed by atoms with E-state index in [-0.39, 0.29) is 5.91 Å². The van der Waals surface area contributed by atoms with Crippen LogP contribution in [0.1, 0.15) is 12.6 Å². The Morgan fingerprint density at radius 1 is 1.07 bits per heavy atom. The Bertz CT molecular complexity index is 1010. The van der Waals surface area contributed by atoms with Crippen molar-refractivity contribution < 1.29 is 18.4 Å². The molecule has 1 heterocycles. The first-order chi connectivity index (χ1) is 13.5. The van der Waals surface area contributed by atoms with Crippen molar-refractivity contribution in [2.24, 2.45) is 0 Å². The summed E-state index contributed by atoms with van der Waals surface area (Å²) in [6.45, 7) is 1.43. The first-order valence-corrected chi connectivity index (χ1v) is 9.08. The average Bonchev–Trinajstić information content (AvgIpc) is 3.12. The molecule has 0 saturated heterocycles. The molecule has 1 N–H and O–H groups in total. The zero-order chi connectivity index (χ0) is 20.1. The molecule has 0 atom stereocenters. The number of carbonyl (C=O) groups is 2. The normalized spacial score (nSPS) is 10.8. The molecule has 0 bridgehead atoms. The van der Waals surface area contributed by atoms with Gasteiger partial charge >= 0.3 is 0 Å². The number of hydrogen-bond donors (Lipinski definition) is 1. The van der Waals surface area contributed by atoms with E-state index in [1.807, 2.05) is 18.2 Å². The van der Waals surface area contributed by atoms with Crippen molar-refractivity contribution in [3.8, 4) is 0 Å². The third-order valence-corrected chi connectivity index (χ3v) is 4.49. The van der Waals surface area contributed by atoms with Crippen LogP contribution in [0.15, 0.2) is 60.0 Å². The topological polar surface area (TPSA) is 62.3 Å². The van der Waals surface area contributed by atoms with E-state index in [2.05, 4.69) is 10.3 Å². The van der Waals surface area contributed by atoms with Crippen LogP contribution in [0.3, 0.4) is 0 Å². The molecule has 0 radical (unpaired) electrons. The van der Waals surface area contributed by atoms with E-state index < -0.39 is 23.2 Å². The molecule has 2 amide bonds. The largest absolute Gasteiger partial charge is 0.318 e. The maximum atomic E-state index is 13.6. The van der Waals surface area contributed by atoms with Crippen molar-refractivity contribution in [1.82, 2.24) is 4.98 Å². The molecule has 0 aliphatic heterocycles. The van der Waals surface area contributed by atoms with Crippen LogP contribution in [0.25, 0.3) is 6.08 Å². The Morgan fingerprint density at radius 2 is 1.75 bits per heavy atom. The molecule has 0 aliphatic rings. The molecule has 142 valence electrons. The molecule has 0 spiro atoms. The number of para-hydroxylation sites is 2. The second-order valence-corrected chi connectivity index (χ2v) is 6.50. The molecular formula is C20H15F2N3O2S. The number of thiazole rings is 1. The SMILES string of the molecule is CC(=O)N(c1ccccc1)c1nc(/C=C/C(=O)Nc2c(F)cccc2F)cs1. The Morgan fingerprint density at radius 3 is 2.39 bits per heavy atom. The quantitative estimate of drug-likeness (QED) is 0.630. The minimum absolute atomic E-state index is 0.205. The maximum absolute atomic E-state index is 13.6. The van der Waals surface area contributed by atoms with Crippen LogP contribution in [0.5, 0.6) is 0 Å². The van der Waals surface area contributed by atoms with Crippen molar-refractivity contribution in [2.45, 2.75) is 6.92 Å². The lowest BCUT2D eigenvalue weighted by molar-refractivity contribution is -0.116. The minimum Gasteiger partial charge on any atom is -0.318 e. The van der Waals surface area contributed by atoms with E-state index in [1.165, 1.54) is 35.3 Å². The second-order valence-electron chi connectivity index (χ2n) is 5.66. The first kappa shape index (κ1) is 19.4. The summed E-state index contributed by atoms with van der Waals surface area (Å²) in [7, 11) is 0. The van der Waals surface area contributed by atoms with Gasteiger partial charge in [-0.3, -0.25) is 14.5 Å². The highest BCUT2D eigenvalue weighted by Gasteiger charge is 2.17. The van der Waals surface area contributed by atoms with Gasteiger partial charge in [0.2, 0.25) is 11.8 Å². The van der Waals surface area contributed by atoms with Crippen molar-refractivity contribution in [1.29, 1.82) is 0 Å². The van der Waals surface area contributed by atoms with Gasteiger partial charge in [-0.1, -0.05) is 24.3 Å². The molecule has 1 aromatic heterocycles. The number of benzene rings is 2. The minimum atomic E-state index is -0.863. The van der Waals surface area contributed by atoms with Crippen molar-refractivity contribution in [3.05, 3.63) is 77.3 Å². The van der Waals surface area contributed by atoms with Crippen LogP contribution in [-0.2, 0) is 9.59 Å². The number of halogens is 2. The molecule has 3 rings (SSSR count). The number of anilines is 3. The Balaban J connectivity index is 1.75. The summed E-state index contributed by atoms with van der Waals surface area (Å²) < 4.78 is 27.2. The van der Waals surface area contributed by atoms with E-state index >= 15 is 0 Å². The summed E-state index contributed by atoms with van der Waals surface area (Å²) in [5, 5.41) is 4.27. The summed E-state index contributed by atoms with van der Waals surface area (Å²) in [5.74, 6) is -2.64. The molecule has 0 fully saturated rings. The van der Waals surface area contributed by atoms with Crippen LogP contribution in [0.2, 0.25) is 0 Å². The zero-order valence-corrected chi connectivity index (χ0v) is 15.5. The lowest BCUT2D eigenvalue weighted by Crippen LogP contribution is -2.22. The maximum Gasteiger partial charge on any atom is 0.248 e. The predicted octanol–water partition coefficient (Wildman–Crippen LogP) is 4.76. The number of hydrogen-bond acceptors (Lipinski definition) is 4. The van der Waals surface area contributed by atoms with Gasteiger partial charge in [-0.15, -0.1) is 11.3 Å². The highest BCUT2D eigenvalue weighted by atomic mass is 32.1. The van der Waals surface area contributed by atoms with E-state index in [0.29, 0.717) is 16.5 Å². The van der Waals surface area contributed by atoms with Crippen molar-refractivity contribution in [3.63, 3.8) is 0 Å². The van der Waals surface area contributed by atoms with Gasteiger partial charge in [0.1, 0.15) is 17.3 Å². The van der Waals surface area contributed by atoms with Crippen molar-refractivity contribution >= 4 is 45.7 Å². The third kappa shape index (κ3) is 4.47. The number of carbonyl (C=O) groups excluding carboxylic acids is 2. The number of nitrogens with zero attached hydrogens (tertiary/aromatic N) is 2. The van der Waals surface area contributed by atoms with Crippen LogP contribution < -0.4 is 10.2 Å². The van der Waals surface area contributed by atoms with E-state index in [4.69, 9.17) is 0 Å². The molecule has 0 unspecified atom stereocenters. The Kier molecular flexibility index (Phi) is 5.90. The number of nitrogens with one attached hydrogen (secondary N) is 1. The Hall–Kier alpha value is -3.39. The fourth-order valence-electron chi connectivity index (χ4n) is 2.40. The monoisotopic (exact) mass is 399 g/mol. The molecule has 0 saturated carbocycles. The van der Waals surface area contributed by atoms with Gasteiger partial charge in [0.25, 0.3) is 0 Å². The predicted molar refractivity (Wildman–Crippen MR) is 105 cm³/mol. The average molecular weight is 399 g/mol. The fraction of sp³-hybridized carbons (Fsp3) is 0.0500. The molecule has 28 heavy (non-hydrogen) atoms. The smallest absolute Gasteiger partial charge is 0.248 e. The van der Waals surface area contributed by atoms with Crippen LogP contribution in [-0.4, -0.2) is 16.8 Å². The lowest BCUT2D eigenvalue weighted by Gasteiger charge is -2.17. The molecule has 2 aromatic carbocycles. The molecule has 5 nitrogen and oxygen atoms in total. The molecule has 8 heteroatoms. The first-order valence-electron chi connectivity index (χ1n) is 8.20. The highest BCUT2D eigenvalue weighted by molar-refractivity contribution is 7.14. The highest BCUT2D eigenvalue weighted by Crippen LogP contribution is 2.29. The van der Waals surface area contributed by atoms with Gasteiger partial charge in [-0.25, -0.2) is 13.8 Å². The standard InChI is InChI=1S/C20H15F2N3O2S/c1-13(26)25(15-6-3-2-4-7-15)20-23-14(12-28-20)10-11-18(27)24-19-16(21)8-5-9-17(19)22/h2-12H,1H3,(H,24,27)/b11-10+. The van der Waals surface area contributed by atoms with Crippen molar-refractivity contribution in [2.75, 3.05) is 10.2 Å². The van der Waals surface area contributed by atoms with Gasteiger partial charge < -0.3 is 5.32 Å². The zero-order valence-electron chi connectivity index (χ0n) is 14.7. The molecular weight excluding hydrogens is 384 g/mol. The van der Waals surface area contributed by atoms with E-state index in [1.54, 1.807) is 17.5 Å². The summed E-state index contributed by atoms with van der Waals surface area (Å²) in [5.41, 5.74) is 0.599.